The summed E-state index contributed by atoms with van der Waals surface area (Å²) >= 11 is 0. The zero-order valence-corrected chi connectivity index (χ0v) is 15.5. The Balaban J connectivity index is 1.36. The highest BCUT2D eigenvalue weighted by Crippen LogP contribution is 2.61. The third-order valence-electron chi connectivity index (χ3n) is 6.59. The number of nitrogens with one attached hydrogen (secondary N) is 1. The molecule has 0 spiro atoms. The molecule has 0 saturated heterocycles. The summed E-state index contributed by atoms with van der Waals surface area (Å²) in [4.78, 5) is 24.9. The van der Waals surface area contributed by atoms with E-state index in [4.69, 9.17) is 4.74 Å². The van der Waals surface area contributed by atoms with Gasteiger partial charge in [0.25, 0.3) is 5.91 Å². The molecule has 4 fully saturated rings. The number of anilines is 1. The number of amides is 1. The molecule has 4 aliphatic carbocycles. The highest BCUT2D eigenvalue weighted by molar-refractivity contribution is 5.93. The van der Waals surface area contributed by atoms with E-state index < -0.39 is 11.0 Å². The van der Waals surface area contributed by atoms with Gasteiger partial charge in [0.15, 0.2) is 6.61 Å². The molecule has 5 heteroatoms. The van der Waals surface area contributed by atoms with Crippen LogP contribution in [0.5, 0.6) is 0 Å². The lowest BCUT2D eigenvalue weighted by molar-refractivity contribution is -0.196. The zero-order chi connectivity index (χ0) is 18.5. The molecule has 0 heterocycles. The van der Waals surface area contributed by atoms with Crippen LogP contribution in [0.2, 0.25) is 0 Å². The monoisotopic (exact) mass is 357 g/mol. The average molecular weight is 357 g/mol. The highest BCUT2D eigenvalue weighted by atomic mass is 16.5. The average Bonchev–Trinajstić information content (AvgIpc) is 2.53. The molecule has 1 amide bonds. The van der Waals surface area contributed by atoms with E-state index in [2.05, 4.69) is 5.32 Å². The van der Waals surface area contributed by atoms with Crippen LogP contribution < -0.4 is 5.32 Å². The van der Waals surface area contributed by atoms with Crippen molar-refractivity contribution in [2.75, 3.05) is 11.9 Å². The van der Waals surface area contributed by atoms with E-state index >= 15 is 0 Å². The van der Waals surface area contributed by atoms with Gasteiger partial charge in [-0.3, -0.25) is 9.59 Å². The lowest BCUT2D eigenvalue weighted by Crippen LogP contribution is -2.58. The largest absolute Gasteiger partial charge is 0.455 e. The van der Waals surface area contributed by atoms with E-state index in [1.54, 1.807) is 0 Å². The number of carbonyl (C=O) groups is 2. The minimum atomic E-state index is -0.704. The molecule has 5 rings (SSSR count). The van der Waals surface area contributed by atoms with Crippen LogP contribution in [0.25, 0.3) is 0 Å². The third-order valence-corrected chi connectivity index (χ3v) is 6.59. The highest BCUT2D eigenvalue weighted by Gasteiger charge is 2.60. The fraction of sp³-hybridized carbons (Fsp3) is 0.619. The Morgan fingerprint density at radius 2 is 1.85 bits per heavy atom. The van der Waals surface area contributed by atoms with Crippen molar-refractivity contribution in [1.82, 2.24) is 0 Å². The summed E-state index contributed by atoms with van der Waals surface area (Å²) < 4.78 is 5.40. The maximum Gasteiger partial charge on any atom is 0.312 e. The summed E-state index contributed by atoms with van der Waals surface area (Å²) in [5.74, 6) is 0.196. The van der Waals surface area contributed by atoms with Gasteiger partial charge in [-0.05, 0) is 87.5 Å². The Labute approximate surface area is 154 Å². The molecule has 4 aliphatic rings. The van der Waals surface area contributed by atoms with Crippen molar-refractivity contribution in [3.8, 4) is 0 Å². The summed E-state index contributed by atoms with van der Waals surface area (Å²) in [6.45, 7) is 3.73. The number of benzene rings is 1. The second kappa shape index (κ2) is 6.08. The van der Waals surface area contributed by atoms with Crippen molar-refractivity contribution >= 4 is 17.6 Å². The Morgan fingerprint density at radius 1 is 1.15 bits per heavy atom. The van der Waals surface area contributed by atoms with E-state index in [0.717, 1.165) is 43.2 Å². The first kappa shape index (κ1) is 17.5. The Morgan fingerprint density at radius 3 is 2.46 bits per heavy atom. The van der Waals surface area contributed by atoms with Gasteiger partial charge in [-0.2, -0.15) is 0 Å². The van der Waals surface area contributed by atoms with Gasteiger partial charge < -0.3 is 15.2 Å². The van der Waals surface area contributed by atoms with Gasteiger partial charge in [-0.25, -0.2) is 0 Å². The van der Waals surface area contributed by atoms with Gasteiger partial charge in [-0.1, -0.05) is 6.07 Å². The number of rotatable bonds is 4. The quantitative estimate of drug-likeness (QED) is 0.812. The van der Waals surface area contributed by atoms with Crippen LogP contribution in [-0.4, -0.2) is 29.2 Å². The lowest BCUT2D eigenvalue weighted by atomic mass is 9.48. The third kappa shape index (κ3) is 3.13. The molecule has 4 saturated carbocycles. The van der Waals surface area contributed by atoms with Crippen molar-refractivity contribution in [2.24, 2.45) is 17.3 Å². The molecule has 1 aromatic carbocycles. The molecule has 26 heavy (non-hydrogen) atoms. The van der Waals surface area contributed by atoms with Gasteiger partial charge >= 0.3 is 5.97 Å². The zero-order valence-electron chi connectivity index (χ0n) is 15.5. The van der Waals surface area contributed by atoms with Gasteiger partial charge in [0.2, 0.25) is 0 Å². The van der Waals surface area contributed by atoms with Crippen LogP contribution in [0.1, 0.15) is 49.7 Å². The predicted molar refractivity (Wildman–Crippen MR) is 97.6 cm³/mol. The normalized spacial score (nSPS) is 34.6. The summed E-state index contributed by atoms with van der Waals surface area (Å²) in [5.41, 5.74) is 1.68. The van der Waals surface area contributed by atoms with Crippen molar-refractivity contribution in [3.05, 3.63) is 29.3 Å². The lowest BCUT2D eigenvalue weighted by Gasteiger charge is -2.58. The Bertz CT molecular complexity index is 742. The number of hydrogen-bond donors (Lipinski definition) is 2. The van der Waals surface area contributed by atoms with Crippen LogP contribution in [0.3, 0.4) is 0 Å². The van der Waals surface area contributed by atoms with E-state index in [9.17, 15) is 14.7 Å². The summed E-state index contributed by atoms with van der Waals surface area (Å²) in [6, 6.07) is 5.70. The van der Waals surface area contributed by atoms with Crippen molar-refractivity contribution < 1.29 is 19.4 Å². The molecule has 1 aromatic rings. The maximum absolute atomic E-state index is 12.8. The minimum absolute atomic E-state index is 0.277. The van der Waals surface area contributed by atoms with E-state index in [-0.39, 0.29) is 18.5 Å². The van der Waals surface area contributed by atoms with Crippen molar-refractivity contribution in [3.63, 3.8) is 0 Å². The molecule has 4 atom stereocenters. The van der Waals surface area contributed by atoms with E-state index in [0.29, 0.717) is 23.9 Å². The molecule has 0 aliphatic heterocycles. The van der Waals surface area contributed by atoms with Crippen LogP contribution in [0, 0.1) is 31.1 Å². The number of carbonyl (C=O) groups excluding carboxylic acids is 2. The summed E-state index contributed by atoms with van der Waals surface area (Å²) in [6.07, 6.45) is 4.82. The molecule has 2 unspecified atom stereocenters. The van der Waals surface area contributed by atoms with Crippen LogP contribution in [0.4, 0.5) is 5.69 Å². The van der Waals surface area contributed by atoms with Gasteiger partial charge in [0, 0.05) is 5.69 Å². The molecular weight excluding hydrogens is 330 g/mol. The topological polar surface area (TPSA) is 75.6 Å². The fourth-order valence-corrected chi connectivity index (χ4v) is 5.75. The molecule has 140 valence electrons. The van der Waals surface area contributed by atoms with Crippen molar-refractivity contribution in [2.45, 2.75) is 58.0 Å². The SMILES string of the molecule is Cc1ccc(NC(=O)COC(=O)C23C[C@@H]4C[C@@H](CC(O)(C4)C2)C3)cc1C. The van der Waals surface area contributed by atoms with Gasteiger partial charge in [0.1, 0.15) is 0 Å². The van der Waals surface area contributed by atoms with E-state index in [1.165, 1.54) is 0 Å². The first-order valence-electron chi connectivity index (χ1n) is 9.54. The smallest absolute Gasteiger partial charge is 0.312 e. The first-order chi connectivity index (χ1) is 12.3. The summed E-state index contributed by atoms with van der Waals surface area (Å²) in [5, 5.41) is 13.5. The Hall–Kier alpha value is -1.88. The number of ether oxygens (including phenoxy) is 1. The number of aliphatic hydroxyl groups is 1. The second-order valence-corrected chi connectivity index (χ2v) is 8.89. The molecule has 0 aromatic heterocycles. The first-order valence-corrected chi connectivity index (χ1v) is 9.54. The second-order valence-electron chi connectivity index (χ2n) is 8.89. The van der Waals surface area contributed by atoms with Crippen LogP contribution in [0.15, 0.2) is 18.2 Å². The van der Waals surface area contributed by atoms with Crippen molar-refractivity contribution in [1.29, 1.82) is 0 Å². The minimum Gasteiger partial charge on any atom is -0.455 e. The fourth-order valence-electron chi connectivity index (χ4n) is 5.75. The number of esters is 1. The molecule has 5 nitrogen and oxygen atoms in total. The summed E-state index contributed by atoms with van der Waals surface area (Å²) in [7, 11) is 0. The number of hydrogen-bond acceptors (Lipinski definition) is 4. The molecule has 4 bridgehead atoms. The van der Waals surface area contributed by atoms with Gasteiger partial charge in [0.05, 0.1) is 11.0 Å². The van der Waals surface area contributed by atoms with Gasteiger partial charge in [-0.15, -0.1) is 0 Å². The van der Waals surface area contributed by atoms with E-state index in [1.807, 2.05) is 32.0 Å². The molecular formula is C21H27NO4. The molecule has 0 radical (unpaired) electrons. The maximum atomic E-state index is 12.8. The standard InChI is InChI=1S/C21H27NO4/c1-13-3-4-17(5-14(13)2)22-18(23)11-26-19(24)20-7-15-6-16(8-20)10-21(25,9-15)12-20/h3-5,15-16,25H,6-12H2,1-2H3,(H,22,23)/t15-,16+,20?,21?. The van der Waals surface area contributed by atoms with Crippen LogP contribution >= 0.6 is 0 Å². The Kier molecular flexibility index (Phi) is 4.10. The predicted octanol–water partition coefficient (Wildman–Crippen LogP) is 3.12. The molecule has 2 N–H and O–H groups in total. The number of aryl methyl sites for hydroxylation is 2. The van der Waals surface area contributed by atoms with Crippen LogP contribution in [-0.2, 0) is 14.3 Å².